The van der Waals surface area contributed by atoms with Crippen molar-refractivity contribution in [3.05, 3.63) is 71.8 Å². The minimum absolute atomic E-state index is 0.0492. The molecule has 1 saturated heterocycles. The third kappa shape index (κ3) is 4.77. The topological polar surface area (TPSA) is 82.1 Å². The second-order valence-electron chi connectivity index (χ2n) is 7.18. The van der Waals surface area contributed by atoms with E-state index in [1.54, 1.807) is 38.2 Å². The summed E-state index contributed by atoms with van der Waals surface area (Å²) in [5.41, 5.74) is -0.0123. The van der Waals surface area contributed by atoms with Crippen LogP contribution in [0.25, 0.3) is 0 Å². The summed E-state index contributed by atoms with van der Waals surface area (Å²) in [5.74, 6) is -1.78. The summed E-state index contributed by atoms with van der Waals surface area (Å²) < 4.78 is 10.4. The van der Waals surface area contributed by atoms with Crippen LogP contribution in [-0.4, -0.2) is 48.8 Å². The van der Waals surface area contributed by atoms with E-state index in [1.807, 2.05) is 30.3 Å². The first kappa shape index (κ1) is 22.5. The maximum absolute atomic E-state index is 13.3. The molecule has 2 aliphatic rings. The van der Waals surface area contributed by atoms with E-state index in [0.29, 0.717) is 18.4 Å². The average molecular weight is 425 g/mol. The van der Waals surface area contributed by atoms with Crippen LogP contribution in [-0.2, 0) is 35.1 Å². The van der Waals surface area contributed by atoms with Gasteiger partial charge in [0.25, 0.3) is 5.91 Å². The number of allylic oxidation sites excluding steroid dienone is 4. The van der Waals surface area contributed by atoms with Crippen molar-refractivity contribution in [2.75, 3.05) is 19.8 Å². The van der Waals surface area contributed by atoms with Crippen LogP contribution >= 0.6 is 0 Å². The summed E-state index contributed by atoms with van der Waals surface area (Å²) in [5, 5.41) is 1.08. The Labute approximate surface area is 181 Å². The fourth-order valence-corrected chi connectivity index (χ4v) is 3.64. The zero-order chi connectivity index (χ0) is 22.3. The van der Waals surface area contributed by atoms with E-state index < -0.39 is 29.4 Å². The molecule has 7 nitrogen and oxygen atoms in total. The molecule has 0 radical (unpaired) electrons. The van der Waals surface area contributed by atoms with E-state index >= 15 is 0 Å². The molecule has 1 aliphatic heterocycles. The minimum Gasteiger partial charge on any atom is -0.465 e. The van der Waals surface area contributed by atoms with Gasteiger partial charge in [0, 0.05) is 0 Å². The number of fused-ring (bicyclic) bond motifs is 1. The summed E-state index contributed by atoms with van der Waals surface area (Å²) in [7, 11) is 0. The molecule has 2 atom stereocenters. The number of hydrogen-bond acceptors (Lipinski definition) is 6. The Morgan fingerprint density at radius 1 is 1.06 bits per heavy atom. The first-order valence-corrected chi connectivity index (χ1v) is 10.4. The molecule has 2 unspecified atom stereocenters. The van der Waals surface area contributed by atoms with Gasteiger partial charge >= 0.3 is 11.9 Å². The Balaban J connectivity index is 1.82. The molecule has 0 N–H and O–H groups in total. The highest BCUT2D eigenvalue weighted by molar-refractivity contribution is 6.10. The molecule has 1 fully saturated rings. The number of rotatable bonds is 9. The fourth-order valence-electron chi connectivity index (χ4n) is 3.64. The van der Waals surface area contributed by atoms with Crippen LogP contribution in [0.15, 0.2) is 66.3 Å². The van der Waals surface area contributed by atoms with Crippen LogP contribution in [0.2, 0.25) is 0 Å². The molecule has 31 heavy (non-hydrogen) atoms. The number of hydroxylamine groups is 2. The number of hydrogen-bond donors (Lipinski definition) is 0. The number of carbonyl (C=O) groups is 3. The summed E-state index contributed by atoms with van der Waals surface area (Å²) in [6, 6.07) is 9.67. The Bertz CT molecular complexity index is 904. The van der Waals surface area contributed by atoms with Crippen molar-refractivity contribution in [3.63, 3.8) is 0 Å². The molecule has 0 bridgehead atoms. The second-order valence-corrected chi connectivity index (χ2v) is 7.18. The molecule has 1 amide bonds. The number of benzene rings is 1. The molecular formula is C24H27NO6. The zero-order valence-electron chi connectivity index (χ0n) is 17.8. The van der Waals surface area contributed by atoms with E-state index in [-0.39, 0.29) is 19.8 Å². The zero-order valence-corrected chi connectivity index (χ0v) is 17.8. The molecule has 1 heterocycles. The predicted molar refractivity (Wildman–Crippen MR) is 113 cm³/mol. The molecule has 0 saturated carbocycles. The number of nitrogens with zero attached hydrogens (tertiary/aromatic N) is 1. The maximum Gasteiger partial charge on any atom is 0.338 e. The van der Waals surface area contributed by atoms with Crippen molar-refractivity contribution in [1.82, 2.24) is 5.06 Å². The van der Waals surface area contributed by atoms with Gasteiger partial charge in [0.15, 0.2) is 11.5 Å². The van der Waals surface area contributed by atoms with Crippen molar-refractivity contribution >= 4 is 17.8 Å². The summed E-state index contributed by atoms with van der Waals surface area (Å²) in [6.45, 7) is 3.79. The molecule has 0 spiro atoms. The van der Waals surface area contributed by atoms with Crippen molar-refractivity contribution in [1.29, 1.82) is 0 Å². The van der Waals surface area contributed by atoms with Gasteiger partial charge in [-0.25, -0.2) is 9.86 Å². The predicted octanol–water partition coefficient (Wildman–Crippen LogP) is 2.93. The Morgan fingerprint density at radius 2 is 1.81 bits per heavy atom. The first-order valence-electron chi connectivity index (χ1n) is 10.4. The van der Waals surface area contributed by atoms with Crippen LogP contribution in [0, 0.1) is 5.41 Å². The summed E-state index contributed by atoms with van der Waals surface area (Å²) in [4.78, 5) is 44.5. The summed E-state index contributed by atoms with van der Waals surface area (Å²) in [6.07, 6.45) is 8.28. The summed E-state index contributed by atoms with van der Waals surface area (Å²) >= 11 is 0. The SMILES string of the molecule is CCOC(=O)C(CCc1ccccc1)ON1CC2=CC=CC=CC2(C(=O)OCC)C1=O. The normalized spacial score (nSPS) is 20.6. The van der Waals surface area contributed by atoms with Crippen LogP contribution in [0.4, 0.5) is 0 Å². The number of aryl methyl sites for hydroxylation is 1. The third-order valence-electron chi connectivity index (χ3n) is 5.19. The van der Waals surface area contributed by atoms with Gasteiger partial charge in [-0.1, -0.05) is 60.7 Å². The van der Waals surface area contributed by atoms with Crippen LogP contribution < -0.4 is 0 Å². The molecule has 1 aliphatic carbocycles. The minimum atomic E-state index is -1.59. The Hall–Kier alpha value is -3.19. The molecule has 7 heteroatoms. The quantitative estimate of drug-likeness (QED) is 0.447. The monoisotopic (exact) mass is 425 g/mol. The van der Waals surface area contributed by atoms with E-state index in [0.717, 1.165) is 10.6 Å². The number of carbonyl (C=O) groups excluding carboxylic acids is 3. The van der Waals surface area contributed by atoms with Crippen molar-refractivity contribution < 1.29 is 28.7 Å². The fraction of sp³-hybridized carbons (Fsp3) is 0.375. The largest absolute Gasteiger partial charge is 0.465 e. The molecule has 3 rings (SSSR count). The number of amides is 1. The van der Waals surface area contributed by atoms with Crippen molar-refractivity contribution in [2.24, 2.45) is 5.41 Å². The molecule has 164 valence electrons. The number of ether oxygens (including phenoxy) is 2. The van der Waals surface area contributed by atoms with Gasteiger partial charge in [0.05, 0.1) is 19.8 Å². The van der Waals surface area contributed by atoms with Gasteiger partial charge in [-0.15, -0.1) is 0 Å². The second kappa shape index (κ2) is 10.2. The Kier molecular flexibility index (Phi) is 7.41. The smallest absolute Gasteiger partial charge is 0.338 e. The van der Waals surface area contributed by atoms with E-state index in [1.165, 1.54) is 6.08 Å². The molecule has 0 aromatic heterocycles. The molecular weight excluding hydrogens is 398 g/mol. The number of esters is 2. The maximum atomic E-state index is 13.3. The average Bonchev–Trinajstić information content (AvgIpc) is 2.91. The lowest BCUT2D eigenvalue weighted by molar-refractivity contribution is -0.211. The van der Waals surface area contributed by atoms with Gasteiger partial charge in [0.1, 0.15) is 0 Å². The lowest BCUT2D eigenvalue weighted by atomic mass is 9.82. The lowest BCUT2D eigenvalue weighted by Crippen LogP contribution is -2.43. The van der Waals surface area contributed by atoms with Crippen LogP contribution in [0.3, 0.4) is 0 Å². The molecule has 1 aromatic rings. The van der Waals surface area contributed by atoms with E-state index in [4.69, 9.17) is 14.3 Å². The standard InChI is InChI=1S/C24H27NO6/c1-3-29-21(26)20(15-14-18-11-7-5-8-12-18)31-25-17-19-13-9-6-10-16-24(19,22(25)27)23(28)30-4-2/h5-13,16,20H,3-4,14-15,17H2,1-2H3. The van der Waals surface area contributed by atoms with Crippen LogP contribution in [0.1, 0.15) is 25.8 Å². The van der Waals surface area contributed by atoms with Gasteiger partial charge in [0.2, 0.25) is 0 Å². The van der Waals surface area contributed by atoms with E-state index in [9.17, 15) is 14.4 Å². The van der Waals surface area contributed by atoms with Gasteiger partial charge in [-0.05, 0) is 37.8 Å². The highest BCUT2D eigenvalue weighted by Gasteiger charge is 2.57. The van der Waals surface area contributed by atoms with Crippen LogP contribution in [0.5, 0.6) is 0 Å². The lowest BCUT2D eigenvalue weighted by Gasteiger charge is -2.25. The van der Waals surface area contributed by atoms with Crippen molar-refractivity contribution in [3.8, 4) is 0 Å². The Morgan fingerprint density at radius 3 is 2.52 bits per heavy atom. The highest BCUT2D eigenvalue weighted by Crippen LogP contribution is 2.41. The van der Waals surface area contributed by atoms with Crippen molar-refractivity contribution in [2.45, 2.75) is 32.8 Å². The van der Waals surface area contributed by atoms with Gasteiger partial charge in [-0.3, -0.25) is 14.4 Å². The highest BCUT2D eigenvalue weighted by atomic mass is 16.7. The molecule has 1 aromatic carbocycles. The van der Waals surface area contributed by atoms with Gasteiger partial charge in [-0.2, -0.15) is 0 Å². The van der Waals surface area contributed by atoms with E-state index in [2.05, 4.69) is 0 Å². The first-order chi connectivity index (χ1) is 15.0. The van der Waals surface area contributed by atoms with Gasteiger partial charge < -0.3 is 9.47 Å². The third-order valence-corrected chi connectivity index (χ3v) is 5.19.